The van der Waals surface area contributed by atoms with Crippen molar-refractivity contribution in [3.63, 3.8) is 0 Å². The molecule has 0 unspecified atom stereocenters. The molecule has 2 heteroatoms. The highest BCUT2D eigenvalue weighted by molar-refractivity contribution is 5.76. The van der Waals surface area contributed by atoms with Crippen molar-refractivity contribution < 1.29 is 4.74 Å². The Balaban J connectivity index is 2.44. The number of nitrogens with one attached hydrogen (secondary N) is 1. The molecule has 0 bridgehead atoms. The van der Waals surface area contributed by atoms with Crippen LogP contribution >= 0.6 is 0 Å². The van der Waals surface area contributed by atoms with Gasteiger partial charge in [-0.15, -0.1) is 0 Å². The van der Waals surface area contributed by atoms with E-state index in [1.165, 1.54) is 16.8 Å². The lowest BCUT2D eigenvalue weighted by molar-refractivity contribution is 0.338. The molecule has 1 aliphatic heterocycles. The second-order valence-corrected chi connectivity index (χ2v) is 4.76. The molecule has 1 aromatic rings. The molecule has 86 valence electrons. The van der Waals surface area contributed by atoms with Crippen molar-refractivity contribution in [1.29, 1.82) is 0 Å². The zero-order valence-electron chi connectivity index (χ0n) is 10.4. The number of ether oxygens (including phenoxy) is 1. The summed E-state index contributed by atoms with van der Waals surface area (Å²) in [6, 6.07) is 4.14. The van der Waals surface area contributed by atoms with Gasteiger partial charge in [-0.25, -0.2) is 0 Å². The van der Waals surface area contributed by atoms with E-state index < -0.39 is 0 Å². The van der Waals surface area contributed by atoms with E-state index in [4.69, 9.17) is 4.74 Å². The minimum atomic E-state index is 0.0343. The number of fused-ring (bicyclic) bond motifs is 1. The van der Waals surface area contributed by atoms with Crippen LogP contribution in [0.2, 0.25) is 0 Å². The maximum Gasteiger partial charge on any atom is 0.122 e. The van der Waals surface area contributed by atoms with Crippen LogP contribution in [0.1, 0.15) is 31.9 Å². The second-order valence-electron chi connectivity index (χ2n) is 4.76. The van der Waals surface area contributed by atoms with E-state index in [-0.39, 0.29) is 5.54 Å². The molecule has 2 rings (SSSR count). The Bertz CT molecular complexity index is 433. The molecule has 1 N–H and O–H groups in total. The zero-order chi connectivity index (χ0) is 11.8. The lowest BCUT2D eigenvalue weighted by atomic mass is 9.94. The van der Waals surface area contributed by atoms with E-state index in [0.717, 1.165) is 5.75 Å². The SMILES string of the molecule is CCOc1ccc2c(c1C)C=CC(C)(C)N2. The molecule has 0 saturated heterocycles. The highest BCUT2D eigenvalue weighted by atomic mass is 16.5. The minimum Gasteiger partial charge on any atom is -0.494 e. The third-order valence-electron chi connectivity index (χ3n) is 2.89. The van der Waals surface area contributed by atoms with Gasteiger partial charge in [0, 0.05) is 16.8 Å². The van der Waals surface area contributed by atoms with Crippen LogP contribution in [0.25, 0.3) is 6.08 Å². The number of hydrogen-bond donors (Lipinski definition) is 1. The lowest BCUT2D eigenvalue weighted by Crippen LogP contribution is -2.30. The largest absolute Gasteiger partial charge is 0.494 e. The van der Waals surface area contributed by atoms with E-state index in [1.807, 2.05) is 13.0 Å². The molecule has 1 aromatic carbocycles. The van der Waals surface area contributed by atoms with Gasteiger partial charge < -0.3 is 10.1 Å². The molecule has 0 amide bonds. The number of anilines is 1. The van der Waals surface area contributed by atoms with Gasteiger partial charge in [0.15, 0.2) is 0 Å². The molecule has 0 atom stereocenters. The van der Waals surface area contributed by atoms with Gasteiger partial charge >= 0.3 is 0 Å². The van der Waals surface area contributed by atoms with Crippen molar-refractivity contribution in [3.05, 3.63) is 29.3 Å². The van der Waals surface area contributed by atoms with Crippen LogP contribution in [0.5, 0.6) is 5.75 Å². The highest BCUT2D eigenvalue weighted by Crippen LogP contribution is 2.34. The maximum absolute atomic E-state index is 5.59. The molecule has 1 aliphatic rings. The number of hydrogen-bond acceptors (Lipinski definition) is 2. The summed E-state index contributed by atoms with van der Waals surface area (Å²) in [6.45, 7) is 9.16. The molecule has 2 nitrogen and oxygen atoms in total. The molecule has 16 heavy (non-hydrogen) atoms. The van der Waals surface area contributed by atoms with Crippen molar-refractivity contribution >= 4 is 11.8 Å². The van der Waals surface area contributed by atoms with Gasteiger partial charge in [0.2, 0.25) is 0 Å². The third-order valence-corrected chi connectivity index (χ3v) is 2.89. The predicted molar refractivity (Wildman–Crippen MR) is 69.1 cm³/mol. The van der Waals surface area contributed by atoms with Crippen molar-refractivity contribution in [1.82, 2.24) is 0 Å². The monoisotopic (exact) mass is 217 g/mol. The summed E-state index contributed by atoms with van der Waals surface area (Å²) in [5.74, 6) is 0.979. The standard InChI is InChI=1S/C14H19NO/c1-5-16-13-7-6-12-11(10(13)2)8-9-14(3,4)15-12/h6-9,15H,5H2,1-4H3. The van der Waals surface area contributed by atoms with Gasteiger partial charge in [-0.3, -0.25) is 0 Å². The lowest BCUT2D eigenvalue weighted by Gasteiger charge is -2.30. The average molecular weight is 217 g/mol. The Labute approximate surface area is 97.3 Å². The molecule has 0 spiro atoms. The smallest absolute Gasteiger partial charge is 0.122 e. The topological polar surface area (TPSA) is 21.3 Å². The molecular weight excluding hydrogens is 198 g/mol. The van der Waals surface area contributed by atoms with E-state index in [2.05, 4.69) is 44.3 Å². The van der Waals surface area contributed by atoms with Gasteiger partial charge in [-0.2, -0.15) is 0 Å². The summed E-state index contributed by atoms with van der Waals surface area (Å²) in [7, 11) is 0. The van der Waals surface area contributed by atoms with E-state index in [9.17, 15) is 0 Å². The van der Waals surface area contributed by atoms with Gasteiger partial charge in [0.05, 0.1) is 12.1 Å². The first-order chi connectivity index (χ1) is 7.53. The maximum atomic E-state index is 5.59. The quantitative estimate of drug-likeness (QED) is 0.817. The molecular formula is C14H19NO. The summed E-state index contributed by atoms with van der Waals surface area (Å²) >= 11 is 0. The fourth-order valence-corrected chi connectivity index (χ4v) is 2.02. The molecule has 0 aliphatic carbocycles. The van der Waals surface area contributed by atoms with Crippen molar-refractivity contribution in [3.8, 4) is 5.75 Å². The zero-order valence-corrected chi connectivity index (χ0v) is 10.4. The van der Waals surface area contributed by atoms with Crippen molar-refractivity contribution in [2.45, 2.75) is 33.2 Å². The Morgan fingerprint density at radius 2 is 2.06 bits per heavy atom. The second kappa shape index (κ2) is 3.85. The summed E-state index contributed by atoms with van der Waals surface area (Å²) in [5, 5.41) is 3.50. The summed E-state index contributed by atoms with van der Waals surface area (Å²) in [4.78, 5) is 0. The van der Waals surface area contributed by atoms with E-state index in [1.54, 1.807) is 0 Å². The Hall–Kier alpha value is -1.44. The fourth-order valence-electron chi connectivity index (χ4n) is 2.02. The van der Waals surface area contributed by atoms with E-state index in [0.29, 0.717) is 6.61 Å². The summed E-state index contributed by atoms with van der Waals surface area (Å²) in [5.41, 5.74) is 3.67. The Morgan fingerprint density at radius 1 is 1.31 bits per heavy atom. The Kier molecular flexibility index (Phi) is 2.66. The fraction of sp³-hybridized carbons (Fsp3) is 0.429. The predicted octanol–water partition coefficient (Wildman–Crippen LogP) is 3.61. The van der Waals surface area contributed by atoms with Gasteiger partial charge in [-0.05, 0) is 39.8 Å². The van der Waals surface area contributed by atoms with Crippen LogP contribution in [-0.2, 0) is 0 Å². The van der Waals surface area contributed by atoms with Gasteiger partial charge in [0.25, 0.3) is 0 Å². The van der Waals surface area contributed by atoms with Crippen LogP contribution in [0.3, 0.4) is 0 Å². The van der Waals surface area contributed by atoms with Crippen LogP contribution in [0.4, 0.5) is 5.69 Å². The van der Waals surface area contributed by atoms with Gasteiger partial charge in [-0.1, -0.05) is 12.2 Å². The minimum absolute atomic E-state index is 0.0343. The highest BCUT2D eigenvalue weighted by Gasteiger charge is 2.20. The first-order valence-corrected chi connectivity index (χ1v) is 5.77. The molecule has 0 saturated carbocycles. The molecule has 0 aromatic heterocycles. The molecule has 0 radical (unpaired) electrons. The molecule has 1 heterocycles. The average Bonchev–Trinajstić information content (AvgIpc) is 2.21. The van der Waals surface area contributed by atoms with Crippen LogP contribution in [0.15, 0.2) is 18.2 Å². The van der Waals surface area contributed by atoms with Crippen molar-refractivity contribution in [2.24, 2.45) is 0 Å². The first kappa shape index (κ1) is 11.1. The van der Waals surface area contributed by atoms with Crippen molar-refractivity contribution in [2.75, 3.05) is 11.9 Å². The van der Waals surface area contributed by atoms with Crippen LogP contribution in [-0.4, -0.2) is 12.1 Å². The first-order valence-electron chi connectivity index (χ1n) is 5.77. The molecule has 0 fully saturated rings. The number of rotatable bonds is 2. The van der Waals surface area contributed by atoms with E-state index >= 15 is 0 Å². The normalized spacial score (nSPS) is 16.5. The number of benzene rings is 1. The summed E-state index contributed by atoms with van der Waals surface area (Å²) in [6.07, 6.45) is 4.38. The summed E-state index contributed by atoms with van der Waals surface area (Å²) < 4.78 is 5.59. The third kappa shape index (κ3) is 1.92. The van der Waals surface area contributed by atoms with Crippen LogP contribution < -0.4 is 10.1 Å². The van der Waals surface area contributed by atoms with Gasteiger partial charge in [0.1, 0.15) is 5.75 Å². The Morgan fingerprint density at radius 3 is 2.75 bits per heavy atom. The van der Waals surface area contributed by atoms with Crippen LogP contribution in [0, 0.1) is 6.92 Å².